The molecule has 4 aromatic rings. The molecule has 0 fully saturated rings. The van der Waals surface area contributed by atoms with Gasteiger partial charge in [-0.1, -0.05) is 52.3 Å². The molecule has 33 heavy (non-hydrogen) atoms. The molecule has 0 unspecified atom stereocenters. The summed E-state index contributed by atoms with van der Waals surface area (Å²) in [5.74, 6) is 0.739. The highest BCUT2D eigenvalue weighted by Crippen LogP contribution is 2.19. The molecule has 0 spiro atoms. The van der Waals surface area contributed by atoms with Crippen molar-refractivity contribution in [3.05, 3.63) is 89.4 Å². The van der Waals surface area contributed by atoms with Crippen LogP contribution in [0, 0.1) is 0 Å². The average Bonchev–Trinajstić information content (AvgIpc) is 2.82. The summed E-state index contributed by atoms with van der Waals surface area (Å²) < 4.78 is 0.939. The van der Waals surface area contributed by atoms with Crippen LogP contribution in [0.25, 0.3) is 0 Å². The summed E-state index contributed by atoms with van der Waals surface area (Å²) in [5, 5.41) is 12.3. The Bertz CT molecular complexity index is 1140. The van der Waals surface area contributed by atoms with Crippen molar-refractivity contribution >= 4 is 56.7 Å². The molecule has 9 heteroatoms. The number of benzene rings is 3. The maximum Gasteiger partial charge on any atom is 0.246 e. The first-order valence-corrected chi connectivity index (χ1v) is 11.1. The van der Waals surface area contributed by atoms with Crippen molar-refractivity contribution in [1.82, 2.24) is 15.0 Å². The van der Waals surface area contributed by atoms with E-state index in [2.05, 4.69) is 52.1 Å². The van der Waals surface area contributed by atoms with Gasteiger partial charge in [0.2, 0.25) is 23.8 Å². The monoisotopic (exact) mass is 503 g/mol. The molecule has 0 aliphatic carbocycles. The molecule has 1 aromatic heterocycles. The Balaban J connectivity index is 1.53. The first kappa shape index (κ1) is 22.2. The molecule has 166 valence electrons. The zero-order chi connectivity index (χ0) is 23.0. The molecule has 1 heterocycles. The summed E-state index contributed by atoms with van der Waals surface area (Å²) in [5.41, 5.74) is 2.37. The summed E-state index contributed by atoms with van der Waals surface area (Å²) in [7, 11) is 0. The van der Waals surface area contributed by atoms with E-state index in [1.54, 1.807) is 6.92 Å². The molecule has 0 bridgehead atoms. The van der Waals surface area contributed by atoms with Gasteiger partial charge in [-0.25, -0.2) is 0 Å². The van der Waals surface area contributed by atoms with E-state index in [0.29, 0.717) is 17.6 Å². The standard InChI is InChI=1S/C24H22BrN7O/c1-16(21(33)27-20-14-12-17(25)13-15-20)26-22-30-23(28-18-8-4-2-5-9-18)32-24(31-22)29-19-10-6-3-7-11-19/h2-16H,1H3,(H,27,33)(H3,26,28,29,30,31,32)/t16-/m0/s1. The number of nitrogens with one attached hydrogen (secondary N) is 4. The first-order chi connectivity index (χ1) is 16.0. The van der Waals surface area contributed by atoms with Crippen molar-refractivity contribution in [2.75, 3.05) is 21.3 Å². The van der Waals surface area contributed by atoms with Gasteiger partial charge in [0.15, 0.2) is 0 Å². The van der Waals surface area contributed by atoms with Crippen molar-refractivity contribution in [3.63, 3.8) is 0 Å². The Morgan fingerprint density at radius 2 is 1.18 bits per heavy atom. The van der Waals surface area contributed by atoms with Gasteiger partial charge in [0.25, 0.3) is 0 Å². The van der Waals surface area contributed by atoms with Crippen LogP contribution in [0.5, 0.6) is 0 Å². The predicted molar refractivity (Wildman–Crippen MR) is 135 cm³/mol. The largest absolute Gasteiger partial charge is 0.342 e. The molecule has 0 radical (unpaired) electrons. The second-order valence-corrected chi connectivity index (χ2v) is 8.07. The van der Waals surface area contributed by atoms with Crippen molar-refractivity contribution in [3.8, 4) is 0 Å². The third-order valence-electron chi connectivity index (χ3n) is 4.55. The number of halogens is 1. The Morgan fingerprint density at radius 3 is 1.70 bits per heavy atom. The summed E-state index contributed by atoms with van der Waals surface area (Å²) in [6.07, 6.45) is 0. The van der Waals surface area contributed by atoms with Gasteiger partial charge in [0, 0.05) is 21.5 Å². The van der Waals surface area contributed by atoms with Crippen molar-refractivity contribution in [2.24, 2.45) is 0 Å². The van der Waals surface area contributed by atoms with Gasteiger partial charge in [0.05, 0.1) is 0 Å². The van der Waals surface area contributed by atoms with E-state index in [4.69, 9.17) is 0 Å². The summed E-state index contributed by atoms with van der Waals surface area (Å²) in [6, 6.07) is 26.0. The van der Waals surface area contributed by atoms with Gasteiger partial charge in [-0.15, -0.1) is 0 Å². The highest BCUT2D eigenvalue weighted by molar-refractivity contribution is 9.10. The molecule has 8 nitrogen and oxygen atoms in total. The van der Waals surface area contributed by atoms with E-state index in [0.717, 1.165) is 15.8 Å². The van der Waals surface area contributed by atoms with Crippen molar-refractivity contribution in [2.45, 2.75) is 13.0 Å². The summed E-state index contributed by atoms with van der Waals surface area (Å²) in [4.78, 5) is 26.0. The van der Waals surface area contributed by atoms with Gasteiger partial charge in [-0.2, -0.15) is 15.0 Å². The fourth-order valence-corrected chi connectivity index (χ4v) is 3.16. The van der Waals surface area contributed by atoms with Crippen LogP contribution in [0.3, 0.4) is 0 Å². The van der Waals surface area contributed by atoms with Crippen LogP contribution >= 0.6 is 15.9 Å². The smallest absolute Gasteiger partial charge is 0.246 e. The minimum atomic E-state index is -0.592. The Labute approximate surface area is 200 Å². The predicted octanol–water partition coefficient (Wildman–Crippen LogP) is 5.56. The molecule has 0 aliphatic rings. The fraction of sp³-hybridized carbons (Fsp3) is 0.0833. The molecule has 4 rings (SSSR count). The number of hydrogen-bond donors (Lipinski definition) is 4. The van der Waals surface area contributed by atoms with Crippen LogP contribution in [0.4, 0.5) is 34.9 Å². The minimum absolute atomic E-state index is 0.215. The Kier molecular flexibility index (Phi) is 7.11. The van der Waals surface area contributed by atoms with E-state index in [-0.39, 0.29) is 11.9 Å². The van der Waals surface area contributed by atoms with Gasteiger partial charge >= 0.3 is 0 Å². The number of aromatic nitrogens is 3. The number of carbonyl (C=O) groups is 1. The van der Waals surface area contributed by atoms with Crippen LogP contribution in [0.15, 0.2) is 89.4 Å². The second kappa shape index (κ2) is 10.6. The lowest BCUT2D eigenvalue weighted by Crippen LogP contribution is -2.32. The van der Waals surface area contributed by atoms with Crippen molar-refractivity contribution in [1.29, 1.82) is 0 Å². The zero-order valence-corrected chi connectivity index (χ0v) is 19.4. The Morgan fingerprint density at radius 1 is 0.697 bits per heavy atom. The Hall–Kier alpha value is -3.98. The van der Waals surface area contributed by atoms with Crippen LogP contribution < -0.4 is 21.3 Å². The molecule has 0 saturated heterocycles. The topological polar surface area (TPSA) is 104 Å². The fourth-order valence-electron chi connectivity index (χ4n) is 2.90. The number of hydrogen-bond acceptors (Lipinski definition) is 7. The van der Waals surface area contributed by atoms with Crippen molar-refractivity contribution < 1.29 is 4.79 Å². The second-order valence-electron chi connectivity index (χ2n) is 7.15. The molecule has 1 atom stereocenters. The maximum absolute atomic E-state index is 12.7. The highest BCUT2D eigenvalue weighted by Gasteiger charge is 2.16. The highest BCUT2D eigenvalue weighted by atomic mass is 79.9. The lowest BCUT2D eigenvalue weighted by molar-refractivity contribution is -0.116. The molecule has 0 aliphatic heterocycles. The zero-order valence-electron chi connectivity index (χ0n) is 17.8. The number of anilines is 6. The molecule has 0 saturated carbocycles. The third kappa shape index (κ3) is 6.50. The van der Waals surface area contributed by atoms with Gasteiger partial charge in [-0.05, 0) is 55.5 Å². The van der Waals surface area contributed by atoms with Crippen LogP contribution in [-0.2, 0) is 4.79 Å². The van der Waals surface area contributed by atoms with Crippen LogP contribution in [0.1, 0.15) is 6.92 Å². The van der Waals surface area contributed by atoms with Gasteiger partial charge in [-0.3, -0.25) is 4.79 Å². The summed E-state index contributed by atoms with van der Waals surface area (Å²) in [6.45, 7) is 1.74. The third-order valence-corrected chi connectivity index (χ3v) is 5.07. The van der Waals surface area contributed by atoms with Crippen LogP contribution in [-0.4, -0.2) is 26.9 Å². The molecular weight excluding hydrogens is 482 g/mol. The quantitative estimate of drug-likeness (QED) is 0.249. The van der Waals surface area contributed by atoms with E-state index in [9.17, 15) is 4.79 Å². The lowest BCUT2D eigenvalue weighted by Gasteiger charge is -2.16. The van der Waals surface area contributed by atoms with E-state index in [1.807, 2.05) is 84.9 Å². The van der Waals surface area contributed by atoms with E-state index >= 15 is 0 Å². The van der Waals surface area contributed by atoms with Gasteiger partial charge in [0.1, 0.15) is 6.04 Å². The summed E-state index contributed by atoms with van der Waals surface area (Å²) >= 11 is 3.39. The number of nitrogens with zero attached hydrogens (tertiary/aromatic N) is 3. The number of carbonyl (C=O) groups excluding carboxylic acids is 1. The maximum atomic E-state index is 12.7. The number of para-hydroxylation sites is 2. The van der Waals surface area contributed by atoms with E-state index < -0.39 is 6.04 Å². The normalized spacial score (nSPS) is 11.3. The lowest BCUT2D eigenvalue weighted by atomic mass is 10.2. The molecule has 4 N–H and O–H groups in total. The number of amides is 1. The first-order valence-electron chi connectivity index (χ1n) is 10.3. The molecule has 1 amide bonds. The SMILES string of the molecule is C[C@H](Nc1nc(Nc2ccccc2)nc(Nc2ccccc2)n1)C(=O)Nc1ccc(Br)cc1. The van der Waals surface area contributed by atoms with Crippen LogP contribution in [0.2, 0.25) is 0 Å². The average molecular weight is 504 g/mol. The minimum Gasteiger partial charge on any atom is -0.342 e. The molecular formula is C24H22BrN7O. The van der Waals surface area contributed by atoms with E-state index in [1.165, 1.54) is 0 Å². The molecule has 3 aromatic carbocycles. The van der Waals surface area contributed by atoms with Gasteiger partial charge < -0.3 is 21.3 Å². The number of rotatable bonds is 8.